The Morgan fingerprint density at radius 1 is 1.03 bits per heavy atom. The first-order valence-electron chi connectivity index (χ1n) is 9.61. The summed E-state index contributed by atoms with van der Waals surface area (Å²) in [7, 11) is 1.59. The molecule has 3 aromatic rings. The van der Waals surface area contributed by atoms with Crippen molar-refractivity contribution in [3.05, 3.63) is 87.6 Å². The zero-order chi connectivity index (χ0) is 21.5. The molecule has 0 aliphatic carbocycles. The van der Waals surface area contributed by atoms with E-state index in [4.69, 9.17) is 9.47 Å². The van der Waals surface area contributed by atoms with E-state index in [-0.39, 0.29) is 24.6 Å². The number of aryl methyl sites for hydroxylation is 2. The van der Waals surface area contributed by atoms with Crippen molar-refractivity contribution in [2.24, 2.45) is 0 Å². The average molecular weight is 407 g/mol. The van der Waals surface area contributed by atoms with Crippen LogP contribution in [0.3, 0.4) is 0 Å². The fourth-order valence-electron chi connectivity index (χ4n) is 2.89. The lowest BCUT2D eigenvalue weighted by atomic mass is 10.1. The molecule has 7 heteroatoms. The highest BCUT2D eigenvalue weighted by molar-refractivity contribution is 5.75. The van der Waals surface area contributed by atoms with Crippen LogP contribution in [-0.4, -0.2) is 22.6 Å². The molecule has 0 radical (unpaired) electrons. The predicted molar refractivity (Wildman–Crippen MR) is 114 cm³/mol. The van der Waals surface area contributed by atoms with Crippen LogP contribution in [0.5, 0.6) is 11.5 Å². The van der Waals surface area contributed by atoms with Crippen LogP contribution in [0.4, 0.5) is 0 Å². The SMILES string of the molecule is COc1ccc(OCc2nc(C)cc(=O)n2CC(=O)NCc2ccc(C)cc2)cc1. The third kappa shape index (κ3) is 5.70. The van der Waals surface area contributed by atoms with Gasteiger partial charge in [0.2, 0.25) is 5.91 Å². The van der Waals surface area contributed by atoms with Crippen molar-refractivity contribution in [1.82, 2.24) is 14.9 Å². The van der Waals surface area contributed by atoms with Crippen molar-refractivity contribution in [1.29, 1.82) is 0 Å². The van der Waals surface area contributed by atoms with Gasteiger partial charge in [0.15, 0.2) is 0 Å². The maximum absolute atomic E-state index is 12.5. The zero-order valence-corrected chi connectivity index (χ0v) is 17.3. The minimum absolute atomic E-state index is 0.0640. The molecular weight excluding hydrogens is 382 g/mol. The molecule has 0 unspecified atom stereocenters. The molecule has 156 valence electrons. The van der Waals surface area contributed by atoms with Crippen LogP contribution in [-0.2, 0) is 24.5 Å². The molecule has 0 atom stereocenters. The van der Waals surface area contributed by atoms with Crippen molar-refractivity contribution in [3.8, 4) is 11.5 Å². The van der Waals surface area contributed by atoms with Gasteiger partial charge in [-0.2, -0.15) is 0 Å². The zero-order valence-electron chi connectivity index (χ0n) is 17.3. The first-order chi connectivity index (χ1) is 14.4. The largest absolute Gasteiger partial charge is 0.497 e. The molecule has 2 aromatic carbocycles. The van der Waals surface area contributed by atoms with Gasteiger partial charge in [-0.1, -0.05) is 29.8 Å². The second-order valence-electron chi connectivity index (χ2n) is 6.96. The third-order valence-corrected chi connectivity index (χ3v) is 4.55. The van der Waals surface area contributed by atoms with Gasteiger partial charge in [-0.15, -0.1) is 0 Å². The molecular formula is C23H25N3O4. The molecule has 0 saturated carbocycles. The second kappa shape index (κ2) is 9.73. The summed E-state index contributed by atoms with van der Waals surface area (Å²) in [4.78, 5) is 29.3. The number of methoxy groups -OCH3 is 1. The number of carbonyl (C=O) groups is 1. The van der Waals surface area contributed by atoms with E-state index >= 15 is 0 Å². The van der Waals surface area contributed by atoms with Crippen molar-refractivity contribution in [2.45, 2.75) is 33.5 Å². The monoisotopic (exact) mass is 407 g/mol. The number of aromatic nitrogens is 2. The molecule has 3 rings (SSSR count). The van der Waals surface area contributed by atoms with Crippen LogP contribution in [0.25, 0.3) is 0 Å². The summed E-state index contributed by atoms with van der Waals surface area (Å²) >= 11 is 0. The van der Waals surface area contributed by atoms with Crippen molar-refractivity contribution in [3.63, 3.8) is 0 Å². The summed E-state index contributed by atoms with van der Waals surface area (Å²) in [5, 5.41) is 2.84. The average Bonchev–Trinajstić information content (AvgIpc) is 2.74. The van der Waals surface area contributed by atoms with Gasteiger partial charge in [0, 0.05) is 18.3 Å². The Balaban J connectivity index is 1.67. The topological polar surface area (TPSA) is 82.5 Å². The van der Waals surface area contributed by atoms with Crippen molar-refractivity contribution < 1.29 is 14.3 Å². The molecule has 1 N–H and O–H groups in total. The highest BCUT2D eigenvalue weighted by Gasteiger charge is 2.12. The molecule has 0 fully saturated rings. The van der Waals surface area contributed by atoms with Crippen molar-refractivity contribution >= 4 is 5.91 Å². The highest BCUT2D eigenvalue weighted by Crippen LogP contribution is 2.17. The Morgan fingerprint density at radius 3 is 2.37 bits per heavy atom. The maximum atomic E-state index is 12.5. The van der Waals surface area contributed by atoms with Gasteiger partial charge in [-0.05, 0) is 43.7 Å². The number of ether oxygens (including phenoxy) is 2. The third-order valence-electron chi connectivity index (χ3n) is 4.55. The Kier molecular flexibility index (Phi) is 6.85. The fourth-order valence-corrected chi connectivity index (χ4v) is 2.89. The quantitative estimate of drug-likeness (QED) is 0.621. The number of carbonyl (C=O) groups excluding carboxylic acids is 1. The van der Waals surface area contributed by atoms with E-state index < -0.39 is 0 Å². The number of hydrogen-bond donors (Lipinski definition) is 1. The molecule has 0 saturated heterocycles. The van der Waals surface area contributed by atoms with E-state index in [1.54, 1.807) is 38.3 Å². The summed E-state index contributed by atoms with van der Waals surface area (Å²) < 4.78 is 12.2. The normalized spacial score (nSPS) is 10.5. The second-order valence-corrected chi connectivity index (χ2v) is 6.96. The molecule has 1 amide bonds. The van der Waals surface area contributed by atoms with Gasteiger partial charge in [-0.25, -0.2) is 4.98 Å². The highest BCUT2D eigenvalue weighted by atomic mass is 16.5. The summed E-state index contributed by atoms with van der Waals surface area (Å²) in [6, 6.07) is 16.4. The molecule has 1 aromatic heterocycles. The minimum Gasteiger partial charge on any atom is -0.497 e. The molecule has 30 heavy (non-hydrogen) atoms. The summed E-state index contributed by atoms with van der Waals surface area (Å²) in [5.74, 6) is 1.45. The molecule has 0 bridgehead atoms. The van der Waals surface area contributed by atoms with Gasteiger partial charge in [0.1, 0.15) is 30.5 Å². The molecule has 1 heterocycles. The van der Waals surface area contributed by atoms with E-state index in [0.717, 1.165) is 16.9 Å². The standard InChI is InChI=1S/C23H25N3O4/c1-16-4-6-18(7-5-16)13-24-22(27)14-26-21(25-17(2)12-23(26)28)15-30-20-10-8-19(29-3)9-11-20/h4-12H,13-15H2,1-3H3,(H,24,27). The minimum atomic E-state index is -0.290. The van der Waals surface area contributed by atoms with E-state index in [1.807, 2.05) is 31.2 Å². The van der Waals surface area contributed by atoms with E-state index in [0.29, 0.717) is 23.8 Å². The first kappa shape index (κ1) is 21.1. The van der Waals surface area contributed by atoms with E-state index in [1.165, 1.54) is 10.6 Å². The first-order valence-corrected chi connectivity index (χ1v) is 9.61. The number of rotatable bonds is 8. The maximum Gasteiger partial charge on any atom is 0.254 e. The van der Waals surface area contributed by atoms with Crippen LogP contribution in [0.1, 0.15) is 22.6 Å². The van der Waals surface area contributed by atoms with Gasteiger partial charge < -0.3 is 14.8 Å². The predicted octanol–water partition coefficient (Wildman–Crippen LogP) is 2.76. The van der Waals surface area contributed by atoms with Gasteiger partial charge in [0.25, 0.3) is 5.56 Å². The number of nitrogens with one attached hydrogen (secondary N) is 1. The lowest BCUT2D eigenvalue weighted by Gasteiger charge is -2.14. The molecule has 0 spiro atoms. The van der Waals surface area contributed by atoms with Crippen molar-refractivity contribution in [2.75, 3.05) is 7.11 Å². The lowest BCUT2D eigenvalue weighted by molar-refractivity contribution is -0.121. The van der Waals surface area contributed by atoms with Crippen LogP contribution in [0.2, 0.25) is 0 Å². The number of nitrogens with zero attached hydrogens (tertiary/aromatic N) is 2. The van der Waals surface area contributed by atoms with E-state index in [2.05, 4.69) is 10.3 Å². The Bertz CT molecular complexity index is 1060. The number of hydrogen-bond acceptors (Lipinski definition) is 5. The van der Waals surface area contributed by atoms with Crippen LogP contribution < -0.4 is 20.3 Å². The van der Waals surface area contributed by atoms with Gasteiger partial charge in [0.05, 0.1) is 7.11 Å². The summed E-state index contributed by atoms with van der Waals surface area (Å²) in [5.41, 5.74) is 2.43. The fraction of sp³-hybridized carbons (Fsp3) is 0.261. The Hall–Kier alpha value is -3.61. The Morgan fingerprint density at radius 2 is 1.70 bits per heavy atom. The molecule has 7 nitrogen and oxygen atoms in total. The van der Waals surface area contributed by atoms with Crippen LogP contribution >= 0.6 is 0 Å². The summed E-state index contributed by atoms with van der Waals surface area (Å²) in [6.07, 6.45) is 0. The van der Waals surface area contributed by atoms with E-state index in [9.17, 15) is 9.59 Å². The smallest absolute Gasteiger partial charge is 0.254 e. The number of benzene rings is 2. The molecule has 0 aliphatic rings. The molecule has 0 aliphatic heterocycles. The lowest BCUT2D eigenvalue weighted by Crippen LogP contribution is -2.34. The summed E-state index contributed by atoms with van der Waals surface area (Å²) in [6.45, 7) is 4.08. The Labute approximate surface area is 175 Å². The number of amides is 1. The van der Waals surface area contributed by atoms with Crippen LogP contribution in [0, 0.1) is 13.8 Å². The van der Waals surface area contributed by atoms with Gasteiger partial charge >= 0.3 is 0 Å². The van der Waals surface area contributed by atoms with Crippen LogP contribution in [0.15, 0.2) is 59.4 Å². The van der Waals surface area contributed by atoms with Gasteiger partial charge in [-0.3, -0.25) is 14.2 Å².